The van der Waals surface area contributed by atoms with Gasteiger partial charge in [-0.3, -0.25) is 9.59 Å². The minimum Gasteiger partial charge on any atom is -0.506 e. The van der Waals surface area contributed by atoms with Crippen LogP contribution in [-0.4, -0.2) is 39.1 Å². The Labute approximate surface area is 261 Å². The summed E-state index contributed by atoms with van der Waals surface area (Å²) in [6.45, 7) is 18.3. The number of ketones is 2. The van der Waals surface area contributed by atoms with Crippen molar-refractivity contribution in [2.75, 3.05) is 0 Å². The highest BCUT2D eigenvalue weighted by Gasteiger charge is 2.81. The number of benzene rings is 1. The molecule has 5 atom stereocenters. The van der Waals surface area contributed by atoms with E-state index in [4.69, 9.17) is 14.2 Å². The van der Waals surface area contributed by atoms with Crippen molar-refractivity contribution >= 4 is 17.6 Å². The molecule has 0 radical (unpaired) electrons. The topological polar surface area (TPSA) is 82.1 Å². The van der Waals surface area contributed by atoms with E-state index in [2.05, 4.69) is 26.0 Å². The second-order valence-corrected chi connectivity index (χ2v) is 14.9. The highest BCUT2D eigenvalue weighted by Crippen LogP contribution is 2.68. The number of phenolic OH excluding ortho intramolecular Hbond substituents is 1. The van der Waals surface area contributed by atoms with Crippen LogP contribution in [0.5, 0.6) is 17.2 Å². The molecule has 1 unspecified atom stereocenters. The van der Waals surface area contributed by atoms with E-state index in [1.54, 1.807) is 6.08 Å². The van der Waals surface area contributed by atoms with Gasteiger partial charge in [0.2, 0.25) is 0 Å². The number of phenols is 1. The number of ether oxygens (including phenoxy) is 3. The van der Waals surface area contributed by atoms with Crippen LogP contribution in [0.1, 0.15) is 109 Å². The summed E-state index contributed by atoms with van der Waals surface area (Å²) in [5, 5.41) is 11.8. The van der Waals surface area contributed by atoms with Crippen LogP contribution in [0.4, 0.5) is 0 Å². The summed E-state index contributed by atoms with van der Waals surface area (Å²) in [5.74, 6) is -0.296. The van der Waals surface area contributed by atoms with Crippen LogP contribution in [0.2, 0.25) is 0 Å². The molecule has 6 nitrogen and oxygen atoms in total. The average Bonchev–Trinajstić information content (AvgIpc) is 3.08. The van der Waals surface area contributed by atoms with Crippen molar-refractivity contribution in [3.8, 4) is 17.2 Å². The minimum atomic E-state index is -1.35. The average molecular weight is 599 g/mol. The molecule has 1 saturated carbocycles. The predicted molar refractivity (Wildman–Crippen MR) is 172 cm³/mol. The standard InChI is InChI=1S/C38H46O6/c1-21(2)11-10-16-36(9)17-15-25-30(39)29-31(40)27-19-24-20-28-35(7,8)44-37(34(24)41,18-14-23(5)6)38(27,28)43-33(29)26(32(25)42-36)13-12-22(3)4/h11-12,14-15,17,19,24,28,39H,10,13,16,18,20H2,1-9H3/t24-,28+,36?,37+,38-/m1/s1. The predicted octanol–water partition coefficient (Wildman–Crippen LogP) is 8.17. The molecule has 4 bridgehead atoms. The molecule has 44 heavy (non-hydrogen) atoms. The zero-order valence-electron chi connectivity index (χ0n) is 27.6. The first-order valence-corrected chi connectivity index (χ1v) is 16.0. The molecule has 234 valence electrons. The van der Waals surface area contributed by atoms with Crippen LogP contribution >= 0.6 is 0 Å². The molecule has 3 aliphatic carbocycles. The maximum atomic E-state index is 14.7. The molecule has 0 amide bonds. The lowest BCUT2D eigenvalue weighted by molar-refractivity contribution is -0.171. The van der Waals surface area contributed by atoms with Gasteiger partial charge in [0.15, 0.2) is 22.8 Å². The number of rotatable bonds is 7. The van der Waals surface area contributed by atoms with Crippen LogP contribution in [0.25, 0.3) is 6.08 Å². The number of hydrogen-bond acceptors (Lipinski definition) is 6. The summed E-state index contributed by atoms with van der Waals surface area (Å²) in [6.07, 6.45) is 14.9. The van der Waals surface area contributed by atoms with Crippen molar-refractivity contribution in [2.24, 2.45) is 11.8 Å². The van der Waals surface area contributed by atoms with Gasteiger partial charge in [-0.25, -0.2) is 0 Å². The maximum Gasteiger partial charge on any atom is 0.200 e. The third-order valence-electron chi connectivity index (χ3n) is 10.2. The Kier molecular flexibility index (Phi) is 7.01. The van der Waals surface area contributed by atoms with E-state index in [0.29, 0.717) is 47.5 Å². The number of Topliss-reactive ketones (excluding diaryl/α,β-unsaturated/α-hetero) is 2. The van der Waals surface area contributed by atoms with E-state index in [1.165, 1.54) is 5.57 Å². The van der Waals surface area contributed by atoms with Gasteiger partial charge in [0, 0.05) is 29.4 Å². The van der Waals surface area contributed by atoms with Gasteiger partial charge in [-0.1, -0.05) is 41.0 Å². The molecule has 1 spiro atoms. The molecule has 0 aromatic heterocycles. The van der Waals surface area contributed by atoms with E-state index in [1.807, 2.05) is 66.7 Å². The van der Waals surface area contributed by atoms with Gasteiger partial charge in [-0.05, 0) is 100 Å². The third kappa shape index (κ3) is 4.23. The fourth-order valence-corrected chi connectivity index (χ4v) is 8.14. The number of aromatic hydroxyl groups is 1. The van der Waals surface area contributed by atoms with E-state index in [-0.39, 0.29) is 28.8 Å². The van der Waals surface area contributed by atoms with Crippen LogP contribution in [0.3, 0.4) is 0 Å². The Bertz CT molecular complexity index is 1620. The molecule has 7 rings (SSSR count). The van der Waals surface area contributed by atoms with Crippen molar-refractivity contribution < 1.29 is 28.9 Å². The molecule has 3 heterocycles. The van der Waals surface area contributed by atoms with Gasteiger partial charge in [0.25, 0.3) is 0 Å². The zero-order valence-corrected chi connectivity index (χ0v) is 27.6. The Morgan fingerprint density at radius 3 is 2.30 bits per heavy atom. The Morgan fingerprint density at radius 2 is 1.64 bits per heavy atom. The van der Waals surface area contributed by atoms with Crippen LogP contribution < -0.4 is 9.47 Å². The summed E-state index contributed by atoms with van der Waals surface area (Å²) in [6, 6.07) is 0. The fraction of sp³-hybridized carbons (Fsp3) is 0.526. The van der Waals surface area contributed by atoms with E-state index >= 15 is 0 Å². The minimum absolute atomic E-state index is 0.0316. The zero-order chi connectivity index (χ0) is 32.0. The molecule has 6 aliphatic rings. The number of allylic oxidation sites excluding steroid dienone is 6. The first kappa shape index (κ1) is 30.6. The molecular formula is C38H46O6. The van der Waals surface area contributed by atoms with Crippen molar-refractivity contribution in [2.45, 2.75) is 117 Å². The van der Waals surface area contributed by atoms with Crippen LogP contribution in [-0.2, 0) is 16.0 Å². The Balaban J connectivity index is 1.59. The van der Waals surface area contributed by atoms with Crippen molar-refractivity contribution in [1.29, 1.82) is 0 Å². The largest absolute Gasteiger partial charge is 0.506 e. The summed E-state index contributed by atoms with van der Waals surface area (Å²) >= 11 is 0. The monoisotopic (exact) mass is 598 g/mol. The van der Waals surface area contributed by atoms with Crippen LogP contribution in [0, 0.1) is 11.8 Å². The summed E-state index contributed by atoms with van der Waals surface area (Å²) in [5.41, 5.74) is 1.22. The molecule has 1 N–H and O–H groups in total. The first-order valence-electron chi connectivity index (χ1n) is 16.0. The fourth-order valence-electron chi connectivity index (χ4n) is 8.14. The third-order valence-corrected chi connectivity index (χ3v) is 10.2. The molecule has 1 aromatic rings. The lowest BCUT2D eigenvalue weighted by atomic mass is 9.51. The lowest BCUT2D eigenvalue weighted by Gasteiger charge is -2.56. The quantitative estimate of drug-likeness (QED) is 0.319. The van der Waals surface area contributed by atoms with Gasteiger partial charge >= 0.3 is 0 Å². The van der Waals surface area contributed by atoms with E-state index in [9.17, 15) is 14.7 Å². The van der Waals surface area contributed by atoms with Crippen molar-refractivity contribution in [3.05, 3.63) is 69.4 Å². The van der Waals surface area contributed by atoms with Gasteiger partial charge in [0.05, 0.1) is 11.2 Å². The molecule has 6 heteroatoms. The summed E-state index contributed by atoms with van der Waals surface area (Å²) in [4.78, 5) is 29.0. The molecule has 1 aromatic carbocycles. The Hall–Kier alpha value is -3.38. The van der Waals surface area contributed by atoms with Gasteiger partial charge in [-0.15, -0.1) is 0 Å². The summed E-state index contributed by atoms with van der Waals surface area (Å²) < 4.78 is 20.8. The molecule has 1 saturated heterocycles. The SMILES string of the molecule is CC(C)=CCCC1(C)C=Cc2c(O)c3c(c(CC=C(C)C)c2O1)O[C@]12C(=C[C@@H]4C[C@H]1C(C)(C)O[C@@]2(CC=C(C)C)C4=O)C3=O. The smallest absolute Gasteiger partial charge is 0.200 e. The number of carbonyl (C=O) groups excluding carboxylic acids is 2. The molecular weight excluding hydrogens is 552 g/mol. The number of fused-ring (bicyclic) bond motifs is 2. The van der Waals surface area contributed by atoms with Crippen molar-refractivity contribution in [3.63, 3.8) is 0 Å². The maximum absolute atomic E-state index is 14.7. The van der Waals surface area contributed by atoms with Crippen molar-refractivity contribution in [1.82, 2.24) is 0 Å². The number of carbonyl (C=O) groups is 2. The summed E-state index contributed by atoms with van der Waals surface area (Å²) in [7, 11) is 0. The lowest BCUT2D eigenvalue weighted by Crippen LogP contribution is -2.72. The Morgan fingerprint density at radius 1 is 0.955 bits per heavy atom. The van der Waals surface area contributed by atoms with Gasteiger partial charge in [0.1, 0.15) is 28.4 Å². The molecule has 2 fully saturated rings. The highest BCUT2D eigenvalue weighted by atomic mass is 16.6. The van der Waals surface area contributed by atoms with Gasteiger partial charge in [-0.2, -0.15) is 0 Å². The molecule has 3 aliphatic heterocycles. The first-order chi connectivity index (χ1) is 20.6. The number of hydrogen-bond donors (Lipinski definition) is 1. The van der Waals surface area contributed by atoms with Crippen LogP contribution in [0.15, 0.2) is 52.7 Å². The van der Waals surface area contributed by atoms with E-state index in [0.717, 1.165) is 24.0 Å². The highest BCUT2D eigenvalue weighted by molar-refractivity contribution is 6.19. The normalized spacial score (nSPS) is 31.6. The van der Waals surface area contributed by atoms with Gasteiger partial charge < -0.3 is 19.3 Å². The second-order valence-electron chi connectivity index (χ2n) is 14.9. The van der Waals surface area contributed by atoms with E-state index < -0.39 is 28.3 Å². The second kappa shape index (κ2) is 10.1.